The zero-order valence-corrected chi connectivity index (χ0v) is 12.6. The van der Waals surface area contributed by atoms with Crippen LogP contribution in [0.25, 0.3) is 0 Å². The number of carbonyl (C=O) groups is 2. The van der Waals surface area contributed by atoms with E-state index in [1.165, 1.54) is 0 Å². The van der Waals surface area contributed by atoms with E-state index < -0.39 is 5.97 Å². The van der Waals surface area contributed by atoms with Gasteiger partial charge < -0.3 is 20.6 Å². The third-order valence-electron chi connectivity index (χ3n) is 3.22. The van der Waals surface area contributed by atoms with Crippen LogP contribution in [0.15, 0.2) is 24.3 Å². The summed E-state index contributed by atoms with van der Waals surface area (Å²) in [6, 6.07) is 6.58. The van der Waals surface area contributed by atoms with E-state index in [1.54, 1.807) is 24.3 Å². The SMILES string of the molecule is CCN(CC)CCNC(=O)Nc1ccccc1CC(=O)O. The van der Waals surface area contributed by atoms with Crippen LogP contribution in [0.2, 0.25) is 0 Å². The number of para-hydroxylation sites is 1. The van der Waals surface area contributed by atoms with Crippen LogP contribution in [-0.4, -0.2) is 48.2 Å². The molecule has 0 aromatic heterocycles. The monoisotopic (exact) mass is 293 g/mol. The van der Waals surface area contributed by atoms with Crippen molar-refractivity contribution in [1.29, 1.82) is 0 Å². The van der Waals surface area contributed by atoms with Gasteiger partial charge in [0.05, 0.1) is 6.42 Å². The van der Waals surface area contributed by atoms with Crippen LogP contribution in [-0.2, 0) is 11.2 Å². The maximum Gasteiger partial charge on any atom is 0.319 e. The van der Waals surface area contributed by atoms with Gasteiger partial charge in [0.15, 0.2) is 0 Å². The number of carboxylic acids is 1. The molecule has 0 radical (unpaired) electrons. The van der Waals surface area contributed by atoms with Gasteiger partial charge in [0.1, 0.15) is 0 Å². The van der Waals surface area contributed by atoms with Gasteiger partial charge in [-0.15, -0.1) is 0 Å². The summed E-state index contributed by atoms with van der Waals surface area (Å²) in [4.78, 5) is 24.8. The lowest BCUT2D eigenvalue weighted by atomic mass is 10.1. The Bertz CT molecular complexity index is 473. The Hall–Kier alpha value is -2.08. The summed E-state index contributed by atoms with van der Waals surface area (Å²) in [6.45, 7) is 7.38. The van der Waals surface area contributed by atoms with E-state index in [-0.39, 0.29) is 12.5 Å². The van der Waals surface area contributed by atoms with Gasteiger partial charge in [-0.1, -0.05) is 32.0 Å². The van der Waals surface area contributed by atoms with Crippen LogP contribution in [0.4, 0.5) is 10.5 Å². The number of anilines is 1. The number of carbonyl (C=O) groups excluding carboxylic acids is 1. The Morgan fingerprint density at radius 3 is 2.48 bits per heavy atom. The van der Waals surface area contributed by atoms with E-state index in [0.29, 0.717) is 17.8 Å². The molecule has 0 fully saturated rings. The standard InChI is InChI=1S/C15H23N3O3/c1-3-18(4-2)10-9-16-15(21)17-13-8-6-5-7-12(13)11-14(19)20/h5-8H,3-4,9-11H2,1-2H3,(H,19,20)(H2,16,17,21). The molecule has 0 heterocycles. The van der Waals surface area contributed by atoms with Crippen molar-refractivity contribution >= 4 is 17.7 Å². The predicted octanol–water partition coefficient (Wildman–Crippen LogP) is 1.78. The number of carboxylic acid groups (broad SMARTS) is 1. The molecule has 0 spiro atoms. The fourth-order valence-corrected chi connectivity index (χ4v) is 1.99. The molecule has 6 nitrogen and oxygen atoms in total. The molecule has 0 aliphatic rings. The fourth-order valence-electron chi connectivity index (χ4n) is 1.99. The van der Waals surface area contributed by atoms with Crippen molar-refractivity contribution in [3.63, 3.8) is 0 Å². The molecule has 0 aliphatic carbocycles. The van der Waals surface area contributed by atoms with Crippen molar-refractivity contribution in [1.82, 2.24) is 10.2 Å². The number of rotatable bonds is 8. The van der Waals surface area contributed by atoms with Gasteiger partial charge in [-0.05, 0) is 24.7 Å². The molecule has 2 amide bonds. The number of aliphatic carboxylic acids is 1. The quantitative estimate of drug-likeness (QED) is 0.682. The highest BCUT2D eigenvalue weighted by Crippen LogP contribution is 2.15. The molecule has 0 saturated heterocycles. The van der Waals surface area contributed by atoms with Crippen molar-refractivity contribution in [2.24, 2.45) is 0 Å². The van der Waals surface area contributed by atoms with E-state index in [1.807, 2.05) is 0 Å². The number of amides is 2. The number of benzene rings is 1. The summed E-state index contributed by atoms with van der Waals surface area (Å²) >= 11 is 0. The lowest BCUT2D eigenvalue weighted by Gasteiger charge is -2.18. The highest BCUT2D eigenvalue weighted by atomic mass is 16.4. The van der Waals surface area contributed by atoms with Gasteiger partial charge >= 0.3 is 12.0 Å². The van der Waals surface area contributed by atoms with Gasteiger partial charge in [-0.2, -0.15) is 0 Å². The number of likely N-dealkylation sites (N-methyl/N-ethyl adjacent to an activating group) is 1. The number of nitrogens with zero attached hydrogens (tertiary/aromatic N) is 1. The summed E-state index contributed by atoms with van der Waals surface area (Å²) in [6.07, 6.45) is -0.115. The molecule has 0 aliphatic heterocycles. The first-order valence-electron chi connectivity index (χ1n) is 7.13. The minimum Gasteiger partial charge on any atom is -0.481 e. The van der Waals surface area contributed by atoms with Crippen LogP contribution in [0.5, 0.6) is 0 Å². The average molecular weight is 293 g/mol. The molecular weight excluding hydrogens is 270 g/mol. The zero-order chi connectivity index (χ0) is 15.7. The lowest BCUT2D eigenvalue weighted by Crippen LogP contribution is -2.37. The highest BCUT2D eigenvalue weighted by Gasteiger charge is 2.09. The molecule has 21 heavy (non-hydrogen) atoms. The maximum absolute atomic E-state index is 11.8. The van der Waals surface area contributed by atoms with Gasteiger partial charge in [0.25, 0.3) is 0 Å². The number of hydrogen-bond acceptors (Lipinski definition) is 3. The topological polar surface area (TPSA) is 81.7 Å². The minimum absolute atomic E-state index is 0.115. The normalized spacial score (nSPS) is 10.4. The third-order valence-corrected chi connectivity index (χ3v) is 3.22. The first-order chi connectivity index (χ1) is 10.1. The van der Waals surface area contributed by atoms with Gasteiger partial charge in [0.2, 0.25) is 0 Å². The largest absolute Gasteiger partial charge is 0.481 e. The molecule has 0 unspecified atom stereocenters. The molecule has 116 valence electrons. The van der Waals surface area contributed by atoms with Crippen LogP contribution >= 0.6 is 0 Å². The second-order valence-electron chi connectivity index (χ2n) is 4.64. The van der Waals surface area contributed by atoms with E-state index in [0.717, 1.165) is 19.6 Å². The van der Waals surface area contributed by atoms with Gasteiger partial charge in [-0.3, -0.25) is 4.79 Å². The number of hydrogen-bond donors (Lipinski definition) is 3. The summed E-state index contributed by atoms with van der Waals surface area (Å²) < 4.78 is 0. The number of urea groups is 1. The predicted molar refractivity (Wildman–Crippen MR) is 82.6 cm³/mol. The minimum atomic E-state index is -0.925. The Kier molecular flexibility index (Phi) is 7.25. The molecule has 0 atom stereocenters. The molecule has 0 bridgehead atoms. The van der Waals surface area contributed by atoms with Crippen LogP contribution < -0.4 is 10.6 Å². The molecule has 6 heteroatoms. The Morgan fingerprint density at radius 2 is 1.86 bits per heavy atom. The molecule has 1 aromatic rings. The van der Waals surface area contributed by atoms with Crippen LogP contribution in [0.3, 0.4) is 0 Å². The summed E-state index contributed by atoms with van der Waals surface area (Å²) in [5.74, 6) is -0.925. The van der Waals surface area contributed by atoms with Crippen molar-refractivity contribution in [3.8, 4) is 0 Å². The molecule has 0 saturated carbocycles. The fraction of sp³-hybridized carbons (Fsp3) is 0.467. The Labute approximate surface area is 125 Å². The summed E-state index contributed by atoms with van der Waals surface area (Å²) in [7, 11) is 0. The van der Waals surface area contributed by atoms with E-state index in [4.69, 9.17) is 5.11 Å². The van der Waals surface area contributed by atoms with Crippen molar-refractivity contribution in [3.05, 3.63) is 29.8 Å². The van der Waals surface area contributed by atoms with Crippen molar-refractivity contribution < 1.29 is 14.7 Å². The molecule has 3 N–H and O–H groups in total. The molecule has 1 aromatic carbocycles. The molecule has 1 rings (SSSR count). The zero-order valence-electron chi connectivity index (χ0n) is 12.6. The smallest absolute Gasteiger partial charge is 0.319 e. The van der Waals surface area contributed by atoms with E-state index in [9.17, 15) is 9.59 Å². The Balaban J connectivity index is 2.49. The first kappa shape index (κ1) is 17.0. The van der Waals surface area contributed by atoms with Crippen LogP contribution in [0, 0.1) is 0 Å². The van der Waals surface area contributed by atoms with E-state index in [2.05, 4.69) is 29.4 Å². The van der Waals surface area contributed by atoms with Gasteiger partial charge in [-0.25, -0.2) is 4.79 Å². The van der Waals surface area contributed by atoms with Crippen LogP contribution in [0.1, 0.15) is 19.4 Å². The van der Waals surface area contributed by atoms with Crippen molar-refractivity contribution in [2.75, 3.05) is 31.5 Å². The third kappa shape index (κ3) is 6.27. The lowest BCUT2D eigenvalue weighted by molar-refractivity contribution is -0.136. The average Bonchev–Trinajstić information content (AvgIpc) is 2.45. The Morgan fingerprint density at radius 1 is 1.19 bits per heavy atom. The maximum atomic E-state index is 11.8. The second-order valence-corrected chi connectivity index (χ2v) is 4.64. The highest BCUT2D eigenvalue weighted by molar-refractivity contribution is 5.90. The summed E-state index contributed by atoms with van der Waals surface area (Å²) in [5, 5.41) is 14.3. The second kappa shape index (κ2) is 8.97. The van der Waals surface area contributed by atoms with E-state index >= 15 is 0 Å². The number of nitrogens with one attached hydrogen (secondary N) is 2. The van der Waals surface area contributed by atoms with Gasteiger partial charge in [0, 0.05) is 18.8 Å². The first-order valence-corrected chi connectivity index (χ1v) is 7.13. The summed E-state index contributed by atoms with van der Waals surface area (Å²) in [5.41, 5.74) is 1.11. The van der Waals surface area contributed by atoms with Crippen molar-refractivity contribution in [2.45, 2.75) is 20.3 Å². The molecular formula is C15H23N3O3.